The number of rotatable bonds is 2. The Morgan fingerprint density at radius 3 is 2.85 bits per heavy atom. The second-order valence-corrected chi connectivity index (χ2v) is 3.32. The van der Waals surface area contributed by atoms with Gasteiger partial charge in [0.15, 0.2) is 0 Å². The number of phenolic OH excluding ortho intramolecular Hbond substituents is 1. The zero-order valence-electron chi connectivity index (χ0n) is 6.55. The number of carbonyl (C=O) groups is 1. The number of nitrogens with one attached hydrogen (secondary N) is 1. The minimum atomic E-state index is -0.165. The van der Waals surface area contributed by atoms with Crippen molar-refractivity contribution in [3.05, 3.63) is 23.2 Å². The predicted octanol–water partition coefficient (Wildman–Crippen LogP) is 2.38. The van der Waals surface area contributed by atoms with Crippen LogP contribution in [0.4, 0.5) is 5.69 Å². The summed E-state index contributed by atoms with van der Waals surface area (Å²) >= 11 is 8.64. The number of benzene rings is 1. The average Bonchev–Trinajstić information content (AvgIpc) is 2.11. The molecule has 0 saturated heterocycles. The van der Waals surface area contributed by atoms with Gasteiger partial charge in [-0.05, 0) is 18.2 Å². The maximum absolute atomic E-state index is 10.9. The molecule has 0 fully saturated rings. The van der Waals surface area contributed by atoms with E-state index in [0.717, 1.165) is 0 Å². The maximum atomic E-state index is 10.9. The Kier molecular flexibility index (Phi) is 3.57. The van der Waals surface area contributed by atoms with E-state index in [0.29, 0.717) is 5.69 Å². The summed E-state index contributed by atoms with van der Waals surface area (Å²) < 4.78 is 0. The summed E-state index contributed by atoms with van der Waals surface area (Å²) in [6.45, 7) is 0. The molecule has 0 spiro atoms. The van der Waals surface area contributed by atoms with Crippen molar-refractivity contribution in [2.24, 2.45) is 0 Å². The molecule has 13 heavy (non-hydrogen) atoms. The second-order valence-electron chi connectivity index (χ2n) is 2.35. The van der Waals surface area contributed by atoms with Gasteiger partial charge in [0.2, 0.25) is 5.91 Å². The van der Waals surface area contributed by atoms with E-state index in [1.165, 1.54) is 12.1 Å². The summed E-state index contributed by atoms with van der Waals surface area (Å²) in [7, 11) is 0. The minimum Gasteiger partial charge on any atom is -0.506 e. The summed E-state index contributed by atoms with van der Waals surface area (Å²) in [4.78, 5) is 10.9. The summed E-state index contributed by atoms with van der Waals surface area (Å²) in [6, 6.07) is 4.48. The molecule has 0 bridgehead atoms. The van der Waals surface area contributed by atoms with E-state index in [9.17, 15) is 4.79 Å². The van der Waals surface area contributed by atoms with Crippen LogP contribution in [0.5, 0.6) is 5.75 Å². The SMILES string of the molecule is O=C(CBr)Nc1ccc(O)c(Cl)c1. The molecule has 1 amide bonds. The highest BCUT2D eigenvalue weighted by Gasteiger charge is 2.02. The fourth-order valence-corrected chi connectivity index (χ4v) is 1.10. The summed E-state index contributed by atoms with van der Waals surface area (Å²) in [5, 5.41) is 12.1. The number of carbonyl (C=O) groups excluding carboxylic acids is 1. The van der Waals surface area contributed by atoms with Gasteiger partial charge in [-0.1, -0.05) is 27.5 Å². The Morgan fingerprint density at radius 2 is 2.31 bits per heavy atom. The van der Waals surface area contributed by atoms with Crippen molar-refractivity contribution >= 4 is 39.1 Å². The second kappa shape index (κ2) is 4.48. The Hall–Kier alpha value is -0.740. The van der Waals surface area contributed by atoms with Gasteiger partial charge >= 0.3 is 0 Å². The lowest BCUT2D eigenvalue weighted by Crippen LogP contribution is -2.11. The largest absolute Gasteiger partial charge is 0.506 e. The van der Waals surface area contributed by atoms with E-state index >= 15 is 0 Å². The Labute approximate surface area is 88.8 Å². The van der Waals surface area contributed by atoms with Gasteiger partial charge in [0, 0.05) is 5.69 Å². The highest BCUT2D eigenvalue weighted by Crippen LogP contribution is 2.25. The molecule has 3 nitrogen and oxygen atoms in total. The van der Waals surface area contributed by atoms with Crippen LogP contribution in [0, 0.1) is 0 Å². The van der Waals surface area contributed by atoms with Gasteiger partial charge in [-0.3, -0.25) is 4.79 Å². The first-order valence-corrected chi connectivity index (χ1v) is 4.97. The molecule has 0 atom stereocenters. The monoisotopic (exact) mass is 263 g/mol. The molecule has 0 aliphatic rings. The quantitative estimate of drug-likeness (QED) is 0.636. The van der Waals surface area contributed by atoms with Crippen molar-refractivity contribution in [1.82, 2.24) is 0 Å². The molecule has 1 aromatic rings. The van der Waals surface area contributed by atoms with E-state index in [4.69, 9.17) is 16.7 Å². The standard InChI is InChI=1S/C8H7BrClNO2/c9-4-8(13)11-5-1-2-7(12)6(10)3-5/h1-3,12H,4H2,(H,11,13). The molecule has 0 heterocycles. The topological polar surface area (TPSA) is 49.3 Å². The smallest absolute Gasteiger partial charge is 0.235 e. The summed E-state index contributed by atoms with van der Waals surface area (Å²) in [6.07, 6.45) is 0. The third kappa shape index (κ3) is 2.90. The van der Waals surface area contributed by atoms with Crippen LogP contribution in [0.1, 0.15) is 0 Å². The third-order valence-corrected chi connectivity index (χ3v) is 2.16. The van der Waals surface area contributed by atoms with Crippen molar-refractivity contribution in [3.63, 3.8) is 0 Å². The maximum Gasteiger partial charge on any atom is 0.235 e. The molecule has 0 radical (unpaired) electrons. The van der Waals surface area contributed by atoms with Crippen molar-refractivity contribution in [2.45, 2.75) is 0 Å². The first-order chi connectivity index (χ1) is 6.13. The summed E-state index contributed by atoms with van der Waals surface area (Å²) in [5.41, 5.74) is 0.562. The number of anilines is 1. The molecule has 0 unspecified atom stereocenters. The Balaban J connectivity index is 2.79. The van der Waals surface area contributed by atoms with Gasteiger partial charge in [0.25, 0.3) is 0 Å². The fourth-order valence-electron chi connectivity index (χ4n) is 0.779. The molecule has 5 heteroatoms. The molecule has 0 aliphatic heterocycles. The van der Waals surface area contributed by atoms with Crippen molar-refractivity contribution < 1.29 is 9.90 Å². The molecular weight excluding hydrogens is 257 g/mol. The molecular formula is C8H7BrClNO2. The normalized spacial score (nSPS) is 9.69. The van der Waals surface area contributed by atoms with E-state index in [2.05, 4.69) is 21.2 Å². The lowest BCUT2D eigenvalue weighted by atomic mass is 10.3. The fraction of sp³-hybridized carbons (Fsp3) is 0.125. The van der Waals surface area contributed by atoms with Gasteiger partial charge in [-0.2, -0.15) is 0 Å². The Morgan fingerprint density at radius 1 is 1.62 bits per heavy atom. The van der Waals surface area contributed by atoms with Crippen LogP contribution >= 0.6 is 27.5 Å². The van der Waals surface area contributed by atoms with Gasteiger partial charge < -0.3 is 10.4 Å². The van der Waals surface area contributed by atoms with Crippen LogP contribution in [-0.2, 0) is 4.79 Å². The molecule has 2 N–H and O–H groups in total. The van der Waals surface area contributed by atoms with E-state index in [-0.39, 0.29) is 22.0 Å². The van der Waals surface area contributed by atoms with Crippen LogP contribution in [-0.4, -0.2) is 16.3 Å². The zero-order valence-corrected chi connectivity index (χ0v) is 8.89. The Bertz CT molecular complexity index is 330. The average molecular weight is 265 g/mol. The van der Waals surface area contributed by atoms with Crippen LogP contribution in [0.25, 0.3) is 0 Å². The van der Waals surface area contributed by atoms with Crippen LogP contribution in [0.15, 0.2) is 18.2 Å². The van der Waals surface area contributed by atoms with E-state index in [1.54, 1.807) is 6.07 Å². The number of amides is 1. The number of phenols is 1. The number of hydrogen-bond donors (Lipinski definition) is 2. The van der Waals surface area contributed by atoms with Crippen LogP contribution in [0.3, 0.4) is 0 Å². The lowest BCUT2D eigenvalue weighted by Gasteiger charge is -2.03. The predicted molar refractivity (Wildman–Crippen MR) is 55.5 cm³/mol. The van der Waals surface area contributed by atoms with Crippen molar-refractivity contribution in [3.8, 4) is 5.75 Å². The molecule has 70 valence electrons. The van der Waals surface area contributed by atoms with Gasteiger partial charge in [-0.15, -0.1) is 0 Å². The van der Waals surface area contributed by atoms with Gasteiger partial charge in [0.05, 0.1) is 10.4 Å². The molecule has 0 aromatic heterocycles. The molecule has 0 aliphatic carbocycles. The summed E-state index contributed by atoms with van der Waals surface area (Å²) in [5.74, 6) is -0.166. The highest BCUT2D eigenvalue weighted by atomic mass is 79.9. The van der Waals surface area contributed by atoms with E-state index in [1.807, 2.05) is 0 Å². The molecule has 1 aromatic carbocycles. The number of halogens is 2. The number of hydrogen-bond acceptors (Lipinski definition) is 2. The minimum absolute atomic E-state index is 0.00138. The molecule has 1 rings (SSSR count). The molecule has 0 saturated carbocycles. The first-order valence-electron chi connectivity index (χ1n) is 3.48. The van der Waals surface area contributed by atoms with Crippen LogP contribution in [0.2, 0.25) is 5.02 Å². The van der Waals surface area contributed by atoms with E-state index < -0.39 is 0 Å². The number of alkyl halides is 1. The lowest BCUT2D eigenvalue weighted by molar-refractivity contribution is -0.113. The van der Waals surface area contributed by atoms with Gasteiger partial charge in [0.1, 0.15) is 5.75 Å². The number of aromatic hydroxyl groups is 1. The highest BCUT2D eigenvalue weighted by molar-refractivity contribution is 9.09. The van der Waals surface area contributed by atoms with Gasteiger partial charge in [-0.25, -0.2) is 0 Å². The zero-order chi connectivity index (χ0) is 9.84. The van der Waals surface area contributed by atoms with Crippen molar-refractivity contribution in [2.75, 3.05) is 10.6 Å². The van der Waals surface area contributed by atoms with Crippen molar-refractivity contribution in [1.29, 1.82) is 0 Å². The third-order valence-electron chi connectivity index (χ3n) is 1.35. The van der Waals surface area contributed by atoms with Crippen LogP contribution < -0.4 is 5.32 Å². The first kappa shape index (κ1) is 10.3.